The molecule has 1 aliphatic rings. The zero-order valence-electron chi connectivity index (χ0n) is 12.6. The van der Waals surface area contributed by atoms with Crippen molar-refractivity contribution in [3.63, 3.8) is 0 Å². The topological polar surface area (TPSA) is 41.5 Å². The third-order valence-corrected chi connectivity index (χ3v) is 3.82. The van der Waals surface area contributed by atoms with Crippen molar-refractivity contribution >= 4 is 0 Å². The van der Waals surface area contributed by atoms with E-state index in [9.17, 15) is 5.11 Å². The molecule has 1 aromatic rings. The van der Waals surface area contributed by atoms with Gasteiger partial charge in [0.25, 0.3) is 0 Å². The number of benzene rings is 1. The number of hydrogen-bond acceptors (Lipinski definition) is 3. The van der Waals surface area contributed by atoms with Gasteiger partial charge in [0.2, 0.25) is 0 Å². The molecule has 112 valence electrons. The molecule has 20 heavy (non-hydrogen) atoms. The van der Waals surface area contributed by atoms with E-state index in [0.717, 1.165) is 31.6 Å². The van der Waals surface area contributed by atoms with Gasteiger partial charge in [-0.25, -0.2) is 0 Å². The normalized spacial score (nSPS) is 23.6. The second-order valence-corrected chi connectivity index (χ2v) is 6.01. The van der Waals surface area contributed by atoms with Crippen molar-refractivity contribution in [2.24, 2.45) is 0 Å². The molecule has 2 N–H and O–H groups in total. The summed E-state index contributed by atoms with van der Waals surface area (Å²) in [6, 6.07) is 8.42. The van der Waals surface area contributed by atoms with Gasteiger partial charge in [-0.05, 0) is 44.4 Å². The first-order valence-electron chi connectivity index (χ1n) is 7.82. The first kappa shape index (κ1) is 15.3. The highest BCUT2D eigenvalue weighted by Crippen LogP contribution is 2.19. The van der Waals surface area contributed by atoms with Crippen LogP contribution in [0, 0.1) is 0 Å². The summed E-state index contributed by atoms with van der Waals surface area (Å²) in [7, 11) is 0. The first-order chi connectivity index (χ1) is 9.65. The van der Waals surface area contributed by atoms with Crippen LogP contribution in [0.2, 0.25) is 0 Å². The minimum absolute atomic E-state index is 0.196. The van der Waals surface area contributed by atoms with Gasteiger partial charge in [-0.2, -0.15) is 0 Å². The maximum absolute atomic E-state index is 10.1. The molecule has 0 radical (unpaired) electrons. The molecule has 0 bridgehead atoms. The van der Waals surface area contributed by atoms with Gasteiger partial charge in [-0.1, -0.05) is 31.4 Å². The average Bonchev–Trinajstić information content (AvgIpc) is 2.61. The van der Waals surface area contributed by atoms with Crippen molar-refractivity contribution in [1.29, 1.82) is 0 Å². The van der Waals surface area contributed by atoms with Crippen molar-refractivity contribution in [1.82, 2.24) is 5.32 Å². The Balaban J connectivity index is 1.89. The molecule has 1 aliphatic carbocycles. The standard InChI is InChI=1S/C17H27NO2/c1-13(2)20-15-8-6-7-14(11-15)12-18-16-9-4-3-5-10-17(16)19/h6-8,11,13,16-19H,3-5,9-10,12H2,1-2H3. The fourth-order valence-corrected chi connectivity index (χ4v) is 2.78. The lowest BCUT2D eigenvalue weighted by atomic mass is 10.1. The molecule has 1 aromatic carbocycles. The van der Waals surface area contributed by atoms with Crippen molar-refractivity contribution < 1.29 is 9.84 Å². The summed E-state index contributed by atoms with van der Waals surface area (Å²) in [5.41, 5.74) is 1.21. The number of aliphatic hydroxyl groups is 1. The van der Waals surface area contributed by atoms with E-state index in [0.29, 0.717) is 0 Å². The van der Waals surface area contributed by atoms with Gasteiger partial charge in [0.1, 0.15) is 5.75 Å². The Morgan fingerprint density at radius 2 is 2.05 bits per heavy atom. The second-order valence-electron chi connectivity index (χ2n) is 6.01. The largest absolute Gasteiger partial charge is 0.491 e. The molecule has 0 amide bonds. The van der Waals surface area contributed by atoms with E-state index < -0.39 is 0 Å². The third-order valence-electron chi connectivity index (χ3n) is 3.82. The molecule has 0 aliphatic heterocycles. The molecule has 3 nitrogen and oxygen atoms in total. The monoisotopic (exact) mass is 277 g/mol. The van der Waals surface area contributed by atoms with Crippen LogP contribution in [0.3, 0.4) is 0 Å². The highest BCUT2D eigenvalue weighted by Gasteiger charge is 2.20. The maximum atomic E-state index is 10.1. The summed E-state index contributed by atoms with van der Waals surface area (Å²) in [5.74, 6) is 0.917. The van der Waals surface area contributed by atoms with Gasteiger partial charge < -0.3 is 15.2 Å². The van der Waals surface area contributed by atoms with E-state index in [1.807, 2.05) is 26.0 Å². The maximum Gasteiger partial charge on any atom is 0.120 e. The fourth-order valence-electron chi connectivity index (χ4n) is 2.78. The highest BCUT2D eigenvalue weighted by molar-refractivity contribution is 5.28. The predicted octanol–water partition coefficient (Wildman–Crippen LogP) is 3.26. The SMILES string of the molecule is CC(C)Oc1cccc(CNC2CCCCCC2O)c1. The molecular weight excluding hydrogens is 250 g/mol. The summed E-state index contributed by atoms with van der Waals surface area (Å²) in [4.78, 5) is 0. The van der Waals surface area contributed by atoms with Gasteiger partial charge in [-0.15, -0.1) is 0 Å². The van der Waals surface area contributed by atoms with Crippen molar-refractivity contribution in [2.45, 2.75) is 70.7 Å². The zero-order valence-corrected chi connectivity index (χ0v) is 12.6. The number of hydrogen-bond donors (Lipinski definition) is 2. The summed E-state index contributed by atoms with van der Waals surface area (Å²) in [6.07, 6.45) is 5.60. The van der Waals surface area contributed by atoms with E-state index in [1.165, 1.54) is 18.4 Å². The predicted molar refractivity (Wildman–Crippen MR) is 81.9 cm³/mol. The van der Waals surface area contributed by atoms with E-state index in [1.54, 1.807) is 0 Å². The smallest absolute Gasteiger partial charge is 0.120 e. The van der Waals surface area contributed by atoms with Crippen LogP contribution >= 0.6 is 0 Å². The Bertz CT molecular complexity index is 406. The van der Waals surface area contributed by atoms with E-state index in [2.05, 4.69) is 17.4 Å². The molecule has 2 unspecified atom stereocenters. The second kappa shape index (κ2) is 7.65. The van der Waals surface area contributed by atoms with Gasteiger partial charge in [0.05, 0.1) is 12.2 Å². The molecule has 0 aromatic heterocycles. The van der Waals surface area contributed by atoms with Crippen LogP contribution in [0.25, 0.3) is 0 Å². The molecule has 1 fully saturated rings. The minimum Gasteiger partial charge on any atom is -0.491 e. The summed E-state index contributed by atoms with van der Waals surface area (Å²) < 4.78 is 5.71. The molecule has 0 saturated heterocycles. The molecular formula is C17H27NO2. The van der Waals surface area contributed by atoms with Crippen LogP contribution in [0.5, 0.6) is 5.75 Å². The van der Waals surface area contributed by atoms with Crippen LogP contribution < -0.4 is 10.1 Å². The third kappa shape index (κ3) is 4.80. The Morgan fingerprint density at radius 3 is 2.85 bits per heavy atom. The van der Waals surface area contributed by atoms with Crippen molar-refractivity contribution in [3.8, 4) is 5.75 Å². The molecule has 1 saturated carbocycles. The summed E-state index contributed by atoms with van der Waals surface area (Å²) in [6.45, 7) is 4.86. The summed E-state index contributed by atoms with van der Waals surface area (Å²) >= 11 is 0. The van der Waals surface area contributed by atoms with Crippen LogP contribution in [0.15, 0.2) is 24.3 Å². The lowest BCUT2D eigenvalue weighted by Crippen LogP contribution is -2.38. The Kier molecular flexibility index (Phi) is 5.86. The fraction of sp³-hybridized carbons (Fsp3) is 0.647. The molecule has 2 rings (SSSR count). The van der Waals surface area contributed by atoms with Gasteiger partial charge in [0.15, 0.2) is 0 Å². The zero-order chi connectivity index (χ0) is 14.4. The first-order valence-corrected chi connectivity index (χ1v) is 7.82. The van der Waals surface area contributed by atoms with Crippen LogP contribution in [-0.4, -0.2) is 23.4 Å². The number of nitrogens with one attached hydrogen (secondary N) is 1. The minimum atomic E-state index is -0.201. The Hall–Kier alpha value is -1.06. The Morgan fingerprint density at radius 1 is 1.25 bits per heavy atom. The van der Waals surface area contributed by atoms with Gasteiger partial charge in [0, 0.05) is 12.6 Å². The van der Waals surface area contributed by atoms with Crippen molar-refractivity contribution in [3.05, 3.63) is 29.8 Å². The summed E-state index contributed by atoms with van der Waals surface area (Å²) in [5, 5.41) is 13.6. The molecule has 0 heterocycles. The van der Waals surface area contributed by atoms with E-state index >= 15 is 0 Å². The highest BCUT2D eigenvalue weighted by atomic mass is 16.5. The van der Waals surface area contributed by atoms with Crippen molar-refractivity contribution in [2.75, 3.05) is 0 Å². The van der Waals surface area contributed by atoms with Gasteiger partial charge >= 0.3 is 0 Å². The molecule has 2 atom stereocenters. The van der Waals surface area contributed by atoms with Crippen LogP contribution in [0.1, 0.15) is 51.5 Å². The number of rotatable bonds is 5. The number of ether oxygens (including phenoxy) is 1. The van der Waals surface area contributed by atoms with Gasteiger partial charge in [-0.3, -0.25) is 0 Å². The average molecular weight is 277 g/mol. The molecule has 0 spiro atoms. The van der Waals surface area contributed by atoms with E-state index in [-0.39, 0.29) is 18.2 Å². The van der Waals surface area contributed by atoms with Crippen LogP contribution in [-0.2, 0) is 6.54 Å². The lowest BCUT2D eigenvalue weighted by molar-refractivity contribution is 0.119. The molecule has 3 heteroatoms. The quantitative estimate of drug-likeness (QED) is 0.812. The lowest BCUT2D eigenvalue weighted by Gasteiger charge is -2.22. The van der Waals surface area contributed by atoms with Crippen LogP contribution in [0.4, 0.5) is 0 Å². The Labute approximate surface area is 122 Å². The van der Waals surface area contributed by atoms with E-state index in [4.69, 9.17) is 4.74 Å². The number of aliphatic hydroxyl groups excluding tert-OH is 1.